The van der Waals surface area contributed by atoms with E-state index in [0.717, 1.165) is 45.7 Å². The molecule has 2 saturated heterocycles. The van der Waals surface area contributed by atoms with Crippen molar-refractivity contribution >= 4 is 17.5 Å². The molecule has 1 aliphatic carbocycles. The topological polar surface area (TPSA) is 55.9 Å². The minimum Gasteiger partial charge on any atom is -0.369 e. The molecule has 3 fully saturated rings. The van der Waals surface area contributed by atoms with Crippen LogP contribution in [0.1, 0.15) is 50.5 Å². The number of carbonyl (C=O) groups is 2. The highest BCUT2D eigenvalue weighted by Gasteiger charge is 2.34. The van der Waals surface area contributed by atoms with Gasteiger partial charge < -0.3 is 15.1 Å². The first-order valence-corrected chi connectivity index (χ1v) is 12.2. The lowest BCUT2D eigenvalue weighted by Crippen LogP contribution is -2.57. The quantitative estimate of drug-likeness (QED) is 0.787. The Bertz CT molecular complexity index is 762. The number of rotatable bonds is 5. The maximum Gasteiger partial charge on any atom is 0.237 e. The van der Waals surface area contributed by atoms with Gasteiger partial charge in [0, 0.05) is 51.5 Å². The molecule has 1 aromatic rings. The van der Waals surface area contributed by atoms with Crippen LogP contribution in [0, 0.1) is 12.8 Å². The zero-order chi connectivity index (χ0) is 21.6. The Morgan fingerprint density at radius 3 is 2.61 bits per heavy atom. The number of nitrogens with one attached hydrogen (secondary N) is 1. The summed E-state index contributed by atoms with van der Waals surface area (Å²) in [7, 11) is 0. The fraction of sp³-hybridized carbons (Fsp3) is 0.680. The van der Waals surface area contributed by atoms with Crippen molar-refractivity contribution < 1.29 is 9.59 Å². The molecule has 0 radical (unpaired) electrons. The van der Waals surface area contributed by atoms with Crippen molar-refractivity contribution in [1.82, 2.24) is 15.1 Å². The minimum absolute atomic E-state index is 0.0340. The molecule has 6 heteroatoms. The number of hydrogen-bond donors (Lipinski definition) is 1. The van der Waals surface area contributed by atoms with E-state index >= 15 is 0 Å². The molecule has 0 bridgehead atoms. The predicted octanol–water partition coefficient (Wildman–Crippen LogP) is 2.80. The number of amides is 2. The van der Waals surface area contributed by atoms with Crippen LogP contribution < -0.4 is 10.2 Å². The maximum atomic E-state index is 13.2. The highest BCUT2D eigenvalue weighted by atomic mass is 16.2. The van der Waals surface area contributed by atoms with E-state index in [4.69, 9.17) is 0 Å². The summed E-state index contributed by atoms with van der Waals surface area (Å²) in [6.07, 6.45) is 7.75. The van der Waals surface area contributed by atoms with Crippen LogP contribution in [0.15, 0.2) is 24.3 Å². The lowest BCUT2D eigenvalue weighted by atomic mass is 9.88. The molecule has 2 aliphatic heterocycles. The first-order valence-electron chi connectivity index (χ1n) is 12.2. The molecule has 1 atom stereocenters. The Labute approximate surface area is 187 Å². The summed E-state index contributed by atoms with van der Waals surface area (Å²) in [5, 5.41) is 3.00. The molecule has 0 aromatic heterocycles. The van der Waals surface area contributed by atoms with Gasteiger partial charge in [-0.15, -0.1) is 0 Å². The van der Waals surface area contributed by atoms with Crippen molar-refractivity contribution in [3.05, 3.63) is 29.8 Å². The molecule has 2 amide bonds. The second-order valence-corrected chi connectivity index (χ2v) is 9.52. The molecule has 3 aliphatic rings. The summed E-state index contributed by atoms with van der Waals surface area (Å²) in [5.74, 6) is 0.840. The van der Waals surface area contributed by atoms with Gasteiger partial charge in [-0.05, 0) is 43.7 Å². The number of nitrogens with zero attached hydrogens (tertiary/aromatic N) is 3. The molecule has 4 rings (SSSR count). The van der Waals surface area contributed by atoms with Crippen molar-refractivity contribution in [3.8, 4) is 0 Å². The first kappa shape index (κ1) is 22.1. The van der Waals surface area contributed by atoms with E-state index in [1.54, 1.807) is 0 Å². The van der Waals surface area contributed by atoms with Crippen LogP contribution in [0.25, 0.3) is 0 Å². The third kappa shape index (κ3) is 5.59. The van der Waals surface area contributed by atoms with E-state index in [1.807, 2.05) is 4.90 Å². The molecular formula is C25H38N4O2. The van der Waals surface area contributed by atoms with Gasteiger partial charge in [-0.3, -0.25) is 14.5 Å². The van der Waals surface area contributed by atoms with Crippen LogP contribution in [0.4, 0.5) is 5.69 Å². The second-order valence-electron chi connectivity index (χ2n) is 9.52. The van der Waals surface area contributed by atoms with Gasteiger partial charge in [0.2, 0.25) is 11.8 Å². The molecule has 31 heavy (non-hydrogen) atoms. The van der Waals surface area contributed by atoms with Gasteiger partial charge >= 0.3 is 0 Å². The van der Waals surface area contributed by atoms with Gasteiger partial charge in [0.05, 0.1) is 12.5 Å². The first-order chi connectivity index (χ1) is 15.1. The fourth-order valence-electron chi connectivity index (χ4n) is 5.52. The van der Waals surface area contributed by atoms with Crippen LogP contribution >= 0.6 is 0 Å². The minimum atomic E-state index is -0.307. The van der Waals surface area contributed by atoms with E-state index in [2.05, 4.69) is 46.3 Å². The maximum absolute atomic E-state index is 13.2. The number of aryl methyl sites for hydroxylation is 1. The van der Waals surface area contributed by atoms with Crippen LogP contribution in [0.5, 0.6) is 0 Å². The summed E-state index contributed by atoms with van der Waals surface area (Å²) >= 11 is 0. The van der Waals surface area contributed by atoms with Gasteiger partial charge in [-0.2, -0.15) is 0 Å². The number of benzene rings is 1. The van der Waals surface area contributed by atoms with Crippen molar-refractivity contribution in [2.45, 2.75) is 57.9 Å². The van der Waals surface area contributed by atoms with Crippen molar-refractivity contribution in [3.63, 3.8) is 0 Å². The molecule has 1 aromatic carbocycles. The monoisotopic (exact) mass is 426 g/mol. The number of hydrogen-bond acceptors (Lipinski definition) is 4. The summed E-state index contributed by atoms with van der Waals surface area (Å²) < 4.78 is 0. The highest BCUT2D eigenvalue weighted by Crippen LogP contribution is 2.26. The molecular weight excluding hydrogens is 388 g/mol. The zero-order valence-electron chi connectivity index (χ0n) is 19.0. The van der Waals surface area contributed by atoms with E-state index in [0.29, 0.717) is 18.9 Å². The van der Waals surface area contributed by atoms with E-state index in [-0.39, 0.29) is 17.9 Å². The molecule has 1 N–H and O–H groups in total. The Morgan fingerprint density at radius 1 is 1.00 bits per heavy atom. The standard InChI is InChI=1S/C25H38N4O2/c1-20-8-5-6-11-22(20)27-13-7-14-28(17-16-27)24(30)18-23-25(31)26-12-15-29(23)19-21-9-3-2-4-10-21/h5-6,8,11,21,23H,2-4,7,9-10,12-19H2,1H3,(H,26,31). The number of anilines is 1. The van der Waals surface area contributed by atoms with E-state index in [9.17, 15) is 9.59 Å². The predicted molar refractivity (Wildman–Crippen MR) is 124 cm³/mol. The summed E-state index contributed by atoms with van der Waals surface area (Å²) in [4.78, 5) is 32.6. The Morgan fingerprint density at radius 2 is 1.81 bits per heavy atom. The van der Waals surface area contributed by atoms with Crippen LogP contribution in [0.2, 0.25) is 0 Å². The molecule has 170 valence electrons. The lowest BCUT2D eigenvalue weighted by Gasteiger charge is -2.38. The molecule has 6 nitrogen and oxygen atoms in total. The summed E-state index contributed by atoms with van der Waals surface area (Å²) in [6, 6.07) is 8.16. The van der Waals surface area contributed by atoms with E-state index in [1.165, 1.54) is 43.4 Å². The number of piperazine rings is 1. The number of carbonyl (C=O) groups excluding carboxylic acids is 2. The summed E-state index contributed by atoms with van der Waals surface area (Å²) in [6.45, 7) is 7.98. The van der Waals surface area contributed by atoms with Crippen molar-refractivity contribution in [2.24, 2.45) is 5.92 Å². The summed E-state index contributed by atoms with van der Waals surface area (Å²) in [5.41, 5.74) is 2.54. The van der Waals surface area contributed by atoms with E-state index < -0.39 is 0 Å². The van der Waals surface area contributed by atoms with Gasteiger partial charge in [0.1, 0.15) is 0 Å². The van der Waals surface area contributed by atoms with Gasteiger partial charge in [0.15, 0.2) is 0 Å². The smallest absolute Gasteiger partial charge is 0.237 e. The lowest BCUT2D eigenvalue weighted by molar-refractivity contribution is -0.139. The third-order valence-corrected chi connectivity index (χ3v) is 7.33. The molecule has 1 saturated carbocycles. The van der Waals surface area contributed by atoms with Gasteiger partial charge in [0.25, 0.3) is 0 Å². The second kappa shape index (κ2) is 10.5. The van der Waals surface area contributed by atoms with Gasteiger partial charge in [-0.25, -0.2) is 0 Å². The largest absolute Gasteiger partial charge is 0.369 e. The average Bonchev–Trinajstić information content (AvgIpc) is 3.03. The van der Waals surface area contributed by atoms with Gasteiger partial charge in [-0.1, -0.05) is 37.5 Å². The third-order valence-electron chi connectivity index (χ3n) is 7.33. The zero-order valence-corrected chi connectivity index (χ0v) is 19.0. The van der Waals surface area contributed by atoms with Crippen molar-refractivity contribution in [1.29, 1.82) is 0 Å². The SMILES string of the molecule is Cc1ccccc1N1CCCN(C(=O)CC2C(=O)NCCN2CC2CCCCC2)CC1. The van der Waals surface area contributed by atoms with Crippen molar-refractivity contribution in [2.75, 3.05) is 50.7 Å². The average molecular weight is 427 g/mol. The highest BCUT2D eigenvalue weighted by molar-refractivity contribution is 5.89. The van der Waals surface area contributed by atoms with Crippen LogP contribution in [-0.2, 0) is 9.59 Å². The fourth-order valence-corrected chi connectivity index (χ4v) is 5.52. The van der Waals surface area contributed by atoms with Crippen LogP contribution in [0.3, 0.4) is 0 Å². The Balaban J connectivity index is 1.35. The number of para-hydroxylation sites is 1. The molecule has 1 unspecified atom stereocenters. The molecule has 2 heterocycles. The van der Waals surface area contributed by atoms with Crippen LogP contribution in [-0.4, -0.2) is 73.5 Å². The Hall–Kier alpha value is -2.08. The molecule has 0 spiro atoms. The Kier molecular flexibility index (Phi) is 7.49. The normalized spacial score (nSPS) is 24.0.